The van der Waals surface area contributed by atoms with Crippen molar-refractivity contribution in [1.82, 2.24) is 15.1 Å². The topological polar surface area (TPSA) is 56.1 Å². The lowest BCUT2D eigenvalue weighted by molar-refractivity contribution is -0.142. The Balaban J connectivity index is 2.48. The van der Waals surface area contributed by atoms with Crippen LogP contribution in [0.25, 0.3) is 0 Å². The molecule has 0 aliphatic rings. The van der Waals surface area contributed by atoms with Gasteiger partial charge in [-0.25, -0.2) is 0 Å². The monoisotopic (exact) mass is 331 g/mol. The van der Waals surface area contributed by atoms with E-state index in [1.165, 1.54) is 0 Å². The molecular weight excluding hydrogens is 310 g/mol. The fourth-order valence-electron chi connectivity index (χ4n) is 1.82. The van der Waals surface area contributed by atoms with Crippen molar-refractivity contribution in [2.45, 2.75) is 46.7 Å². The number of nitrogens with zero attached hydrogens (tertiary/aromatic N) is 2. The summed E-state index contributed by atoms with van der Waals surface area (Å²) < 4.78 is 7.93. The van der Waals surface area contributed by atoms with Crippen LogP contribution in [0.4, 0.5) is 0 Å². The van der Waals surface area contributed by atoms with Crippen LogP contribution in [0, 0.1) is 0 Å². The molecule has 0 unspecified atom stereocenters. The second-order valence-electron chi connectivity index (χ2n) is 4.11. The lowest BCUT2D eigenvalue weighted by Gasteiger charge is -2.07. The van der Waals surface area contributed by atoms with Gasteiger partial charge in [-0.1, -0.05) is 6.92 Å². The van der Waals surface area contributed by atoms with Gasteiger partial charge in [0.05, 0.1) is 28.9 Å². The molecule has 1 aromatic rings. The Morgan fingerprint density at radius 2 is 2.16 bits per heavy atom. The largest absolute Gasteiger partial charge is 0.466 e. The van der Waals surface area contributed by atoms with Crippen LogP contribution in [-0.4, -0.2) is 28.9 Å². The molecule has 0 aromatic carbocycles. The SMILES string of the molecule is CCOC(=O)CCNCc1c(Br)c(CC)nn1CC. The Hall–Kier alpha value is -0.880. The van der Waals surface area contributed by atoms with Crippen LogP contribution in [0.5, 0.6) is 0 Å². The molecule has 0 atom stereocenters. The first-order valence-electron chi connectivity index (χ1n) is 6.74. The van der Waals surface area contributed by atoms with E-state index in [2.05, 4.69) is 40.2 Å². The van der Waals surface area contributed by atoms with Crippen molar-refractivity contribution in [2.75, 3.05) is 13.2 Å². The zero-order valence-corrected chi connectivity index (χ0v) is 13.4. The molecule has 19 heavy (non-hydrogen) atoms. The molecule has 108 valence electrons. The average Bonchev–Trinajstić information content (AvgIpc) is 2.71. The lowest BCUT2D eigenvalue weighted by atomic mass is 10.3. The smallest absolute Gasteiger partial charge is 0.307 e. The number of hydrogen-bond donors (Lipinski definition) is 1. The molecule has 1 heterocycles. The van der Waals surface area contributed by atoms with Crippen molar-refractivity contribution in [3.8, 4) is 0 Å². The summed E-state index contributed by atoms with van der Waals surface area (Å²) in [5.41, 5.74) is 2.20. The summed E-state index contributed by atoms with van der Waals surface area (Å²) in [5, 5.41) is 7.78. The Bertz CT molecular complexity index is 418. The highest BCUT2D eigenvalue weighted by Gasteiger charge is 2.13. The van der Waals surface area contributed by atoms with E-state index in [1.807, 2.05) is 11.6 Å². The number of aromatic nitrogens is 2. The Kier molecular flexibility index (Phi) is 7.09. The van der Waals surface area contributed by atoms with Crippen molar-refractivity contribution in [3.05, 3.63) is 15.9 Å². The first kappa shape index (κ1) is 16.2. The molecular formula is C13H22BrN3O2. The fraction of sp³-hybridized carbons (Fsp3) is 0.692. The predicted octanol–water partition coefficient (Wildman–Crippen LogP) is 2.27. The number of halogens is 1. The first-order valence-corrected chi connectivity index (χ1v) is 7.53. The van der Waals surface area contributed by atoms with E-state index < -0.39 is 0 Å². The molecule has 6 heteroatoms. The minimum Gasteiger partial charge on any atom is -0.466 e. The first-order chi connectivity index (χ1) is 9.13. The zero-order valence-electron chi connectivity index (χ0n) is 11.8. The van der Waals surface area contributed by atoms with Crippen LogP contribution in [0.15, 0.2) is 4.47 Å². The van der Waals surface area contributed by atoms with Gasteiger partial charge in [0, 0.05) is 19.6 Å². The van der Waals surface area contributed by atoms with Crippen molar-refractivity contribution in [2.24, 2.45) is 0 Å². The van der Waals surface area contributed by atoms with Crippen molar-refractivity contribution in [1.29, 1.82) is 0 Å². The number of nitrogens with one attached hydrogen (secondary N) is 1. The maximum absolute atomic E-state index is 11.2. The van der Waals surface area contributed by atoms with E-state index in [1.54, 1.807) is 0 Å². The highest BCUT2D eigenvalue weighted by molar-refractivity contribution is 9.10. The maximum Gasteiger partial charge on any atom is 0.307 e. The molecule has 0 aliphatic heterocycles. The number of carbonyl (C=O) groups excluding carboxylic acids is 1. The van der Waals surface area contributed by atoms with E-state index in [0.717, 1.165) is 28.8 Å². The van der Waals surface area contributed by atoms with Gasteiger partial charge in [-0.2, -0.15) is 5.10 Å². The summed E-state index contributed by atoms with van der Waals surface area (Å²) in [6, 6.07) is 0. The van der Waals surface area contributed by atoms with Crippen LogP contribution in [-0.2, 0) is 29.0 Å². The van der Waals surface area contributed by atoms with Gasteiger partial charge in [0.15, 0.2) is 0 Å². The molecule has 0 amide bonds. The Morgan fingerprint density at radius 1 is 1.42 bits per heavy atom. The van der Waals surface area contributed by atoms with Crippen LogP contribution < -0.4 is 5.32 Å². The molecule has 0 saturated heterocycles. The fourth-order valence-corrected chi connectivity index (χ4v) is 2.52. The number of carbonyl (C=O) groups is 1. The third kappa shape index (κ3) is 4.62. The standard InChI is InChI=1S/C13H22BrN3O2/c1-4-10-13(14)11(17(5-2)16-10)9-15-8-7-12(18)19-6-3/h15H,4-9H2,1-3H3. The highest BCUT2D eigenvalue weighted by Crippen LogP contribution is 2.22. The molecule has 0 radical (unpaired) electrons. The van der Waals surface area contributed by atoms with Crippen molar-refractivity contribution in [3.63, 3.8) is 0 Å². The third-order valence-electron chi connectivity index (χ3n) is 2.80. The number of aryl methyl sites for hydroxylation is 2. The summed E-state index contributed by atoms with van der Waals surface area (Å²) in [6.07, 6.45) is 1.30. The zero-order chi connectivity index (χ0) is 14.3. The van der Waals surface area contributed by atoms with Gasteiger partial charge in [0.25, 0.3) is 0 Å². The Labute approximate surface area is 122 Å². The quantitative estimate of drug-likeness (QED) is 0.586. The number of rotatable bonds is 8. The van der Waals surface area contributed by atoms with Crippen LogP contribution in [0.2, 0.25) is 0 Å². The van der Waals surface area contributed by atoms with Gasteiger partial charge >= 0.3 is 5.97 Å². The van der Waals surface area contributed by atoms with Crippen molar-refractivity contribution < 1.29 is 9.53 Å². The summed E-state index contributed by atoms with van der Waals surface area (Å²) in [4.78, 5) is 11.2. The summed E-state index contributed by atoms with van der Waals surface area (Å²) in [7, 11) is 0. The lowest BCUT2D eigenvalue weighted by Crippen LogP contribution is -2.21. The van der Waals surface area contributed by atoms with E-state index in [0.29, 0.717) is 26.1 Å². The molecule has 1 aromatic heterocycles. The van der Waals surface area contributed by atoms with E-state index >= 15 is 0 Å². The number of ether oxygens (including phenoxy) is 1. The molecule has 0 bridgehead atoms. The summed E-state index contributed by atoms with van der Waals surface area (Å²) >= 11 is 3.59. The molecule has 1 rings (SSSR count). The molecule has 5 nitrogen and oxygen atoms in total. The third-order valence-corrected chi connectivity index (χ3v) is 3.71. The Morgan fingerprint density at radius 3 is 2.74 bits per heavy atom. The van der Waals surface area contributed by atoms with Gasteiger partial charge in [-0.05, 0) is 36.2 Å². The molecule has 0 saturated carbocycles. The highest BCUT2D eigenvalue weighted by atomic mass is 79.9. The molecule has 1 N–H and O–H groups in total. The van der Waals surface area contributed by atoms with Gasteiger partial charge in [0.1, 0.15) is 0 Å². The summed E-state index contributed by atoms with van der Waals surface area (Å²) in [5.74, 6) is -0.160. The normalized spacial score (nSPS) is 10.7. The number of hydrogen-bond acceptors (Lipinski definition) is 4. The second kappa shape index (κ2) is 8.32. The average molecular weight is 332 g/mol. The van der Waals surface area contributed by atoms with Crippen molar-refractivity contribution >= 4 is 21.9 Å². The van der Waals surface area contributed by atoms with Gasteiger partial charge in [-0.3, -0.25) is 9.48 Å². The van der Waals surface area contributed by atoms with Gasteiger partial charge < -0.3 is 10.1 Å². The maximum atomic E-state index is 11.2. The van der Waals surface area contributed by atoms with Gasteiger partial charge in [-0.15, -0.1) is 0 Å². The second-order valence-corrected chi connectivity index (χ2v) is 4.90. The minimum absolute atomic E-state index is 0.160. The molecule has 0 aliphatic carbocycles. The summed E-state index contributed by atoms with van der Waals surface area (Å²) in [6.45, 7) is 8.56. The number of esters is 1. The van der Waals surface area contributed by atoms with E-state index in [4.69, 9.17) is 4.74 Å². The van der Waals surface area contributed by atoms with E-state index in [9.17, 15) is 4.79 Å². The van der Waals surface area contributed by atoms with E-state index in [-0.39, 0.29) is 5.97 Å². The van der Waals surface area contributed by atoms with Crippen LogP contribution >= 0.6 is 15.9 Å². The molecule has 0 spiro atoms. The van der Waals surface area contributed by atoms with Gasteiger partial charge in [0.2, 0.25) is 0 Å². The van der Waals surface area contributed by atoms with Crippen LogP contribution in [0.1, 0.15) is 38.6 Å². The predicted molar refractivity (Wildman–Crippen MR) is 77.9 cm³/mol. The van der Waals surface area contributed by atoms with Crippen LogP contribution in [0.3, 0.4) is 0 Å². The minimum atomic E-state index is -0.160. The molecule has 0 fully saturated rings.